The van der Waals surface area contributed by atoms with Crippen LogP contribution in [0.5, 0.6) is 0 Å². The van der Waals surface area contributed by atoms with Gasteiger partial charge in [0.25, 0.3) is 11.7 Å². The second kappa shape index (κ2) is 9.56. The Balaban J connectivity index is 4.30. The van der Waals surface area contributed by atoms with E-state index in [2.05, 4.69) is 9.47 Å². The Bertz CT molecular complexity index is 283. The number of carbonyl (C=O) groups excluding carboxylic acids is 2. The van der Waals surface area contributed by atoms with Crippen molar-refractivity contribution in [2.24, 2.45) is 0 Å². The fraction of sp³-hybridized carbons (Fsp3) is 0.667. The van der Waals surface area contributed by atoms with Crippen LogP contribution in [0.1, 0.15) is 39.5 Å². The second-order valence-electron chi connectivity index (χ2n) is 3.61. The van der Waals surface area contributed by atoms with Crippen molar-refractivity contribution in [3.63, 3.8) is 0 Å². The van der Waals surface area contributed by atoms with E-state index in [1.165, 1.54) is 0 Å². The minimum atomic E-state index is -1.84. The third-order valence-corrected chi connectivity index (χ3v) is 2.01. The highest BCUT2D eigenvalue weighted by molar-refractivity contribution is 5.97. The first-order chi connectivity index (χ1) is 8.54. The zero-order valence-corrected chi connectivity index (χ0v) is 10.6. The molecule has 0 bridgehead atoms. The maximum absolute atomic E-state index is 13.1. The summed E-state index contributed by atoms with van der Waals surface area (Å²) in [6.45, 7) is 3.68. The topological polar surface area (TPSA) is 52.6 Å². The van der Waals surface area contributed by atoms with Crippen molar-refractivity contribution in [2.75, 3.05) is 13.2 Å². The molecule has 0 aliphatic rings. The van der Waals surface area contributed by atoms with Gasteiger partial charge < -0.3 is 9.47 Å². The van der Waals surface area contributed by atoms with Crippen LogP contribution in [-0.2, 0) is 19.1 Å². The number of unbranched alkanes of at least 4 members (excludes halogenated alkanes) is 2. The van der Waals surface area contributed by atoms with Crippen LogP contribution in [-0.4, -0.2) is 25.2 Å². The van der Waals surface area contributed by atoms with Crippen molar-refractivity contribution >= 4 is 11.9 Å². The van der Waals surface area contributed by atoms with Gasteiger partial charge in [0.15, 0.2) is 0 Å². The molecule has 0 saturated heterocycles. The number of halogens is 2. The fourth-order valence-corrected chi connectivity index (χ4v) is 0.924. The number of rotatable bonds is 8. The van der Waals surface area contributed by atoms with Gasteiger partial charge in [-0.25, -0.2) is 9.59 Å². The molecule has 6 heteroatoms. The summed E-state index contributed by atoms with van der Waals surface area (Å²) in [5.41, 5.74) is 0. The van der Waals surface area contributed by atoms with Crippen LogP contribution in [0.4, 0.5) is 8.78 Å². The molecule has 0 aromatic carbocycles. The van der Waals surface area contributed by atoms with Gasteiger partial charge in [-0.2, -0.15) is 8.78 Å². The first-order valence-electron chi connectivity index (χ1n) is 5.94. The van der Waals surface area contributed by atoms with Crippen molar-refractivity contribution in [1.82, 2.24) is 0 Å². The summed E-state index contributed by atoms with van der Waals surface area (Å²) in [5, 5.41) is 0. The average Bonchev–Trinajstić information content (AvgIpc) is 2.37. The van der Waals surface area contributed by atoms with Gasteiger partial charge in [0.05, 0.1) is 13.2 Å². The van der Waals surface area contributed by atoms with Gasteiger partial charge >= 0.3 is 11.9 Å². The van der Waals surface area contributed by atoms with E-state index in [0.717, 1.165) is 12.8 Å². The van der Waals surface area contributed by atoms with E-state index in [9.17, 15) is 18.4 Å². The quantitative estimate of drug-likeness (QED) is 0.384. The van der Waals surface area contributed by atoms with Crippen molar-refractivity contribution < 1.29 is 27.8 Å². The highest BCUT2D eigenvalue weighted by atomic mass is 19.2. The van der Waals surface area contributed by atoms with Crippen LogP contribution in [0, 0.1) is 0 Å². The highest BCUT2D eigenvalue weighted by Crippen LogP contribution is 2.12. The first-order valence-corrected chi connectivity index (χ1v) is 5.94. The number of ether oxygens (including phenoxy) is 2. The maximum Gasteiger partial charge on any atom is 0.370 e. The molecule has 18 heavy (non-hydrogen) atoms. The Morgan fingerprint density at radius 3 is 1.44 bits per heavy atom. The van der Waals surface area contributed by atoms with Gasteiger partial charge in [0, 0.05) is 0 Å². The van der Waals surface area contributed by atoms with Crippen molar-refractivity contribution in [2.45, 2.75) is 39.5 Å². The highest BCUT2D eigenvalue weighted by Gasteiger charge is 2.24. The minimum absolute atomic E-state index is 0.0130. The molecule has 104 valence electrons. The van der Waals surface area contributed by atoms with Gasteiger partial charge in [-0.1, -0.05) is 26.7 Å². The Morgan fingerprint density at radius 1 is 0.833 bits per heavy atom. The van der Waals surface area contributed by atoms with E-state index in [1.807, 2.05) is 13.8 Å². The summed E-state index contributed by atoms with van der Waals surface area (Å²) in [6, 6.07) is 0. The summed E-state index contributed by atoms with van der Waals surface area (Å²) < 4.78 is 35.1. The Morgan fingerprint density at radius 2 is 1.17 bits per heavy atom. The van der Waals surface area contributed by atoms with Crippen LogP contribution in [0.2, 0.25) is 0 Å². The molecule has 0 radical (unpaired) electrons. The number of esters is 2. The molecule has 0 aliphatic heterocycles. The van der Waals surface area contributed by atoms with E-state index in [0.29, 0.717) is 12.8 Å². The first kappa shape index (κ1) is 16.5. The standard InChI is InChI=1S/C12H18F2O4/c1-3-5-7-17-11(15)9(13)10(14)12(16)18-8-6-4-2/h3-8H2,1-2H3/b10-9-. The Kier molecular flexibility index (Phi) is 8.78. The van der Waals surface area contributed by atoms with E-state index in [1.54, 1.807) is 0 Å². The number of hydrogen-bond acceptors (Lipinski definition) is 4. The molecular formula is C12H18F2O4. The molecule has 0 aromatic rings. The summed E-state index contributed by atoms with van der Waals surface area (Å²) in [7, 11) is 0. The van der Waals surface area contributed by atoms with Crippen molar-refractivity contribution in [1.29, 1.82) is 0 Å². The minimum Gasteiger partial charge on any atom is -0.460 e. The summed E-state index contributed by atoms with van der Waals surface area (Å²) in [6.07, 6.45) is 2.59. The molecule has 0 aliphatic carbocycles. The molecule has 4 nitrogen and oxygen atoms in total. The van der Waals surface area contributed by atoms with Gasteiger partial charge in [-0.15, -0.1) is 0 Å². The van der Waals surface area contributed by atoms with Crippen LogP contribution in [0.15, 0.2) is 11.7 Å². The van der Waals surface area contributed by atoms with E-state index >= 15 is 0 Å². The Hall–Kier alpha value is -1.46. The molecule has 0 aromatic heterocycles. The predicted octanol–water partition coefficient (Wildman–Crippen LogP) is 2.82. The predicted molar refractivity (Wildman–Crippen MR) is 61.0 cm³/mol. The van der Waals surface area contributed by atoms with Gasteiger partial charge in [-0.3, -0.25) is 0 Å². The van der Waals surface area contributed by atoms with E-state index < -0.39 is 23.6 Å². The molecule has 0 unspecified atom stereocenters. The smallest absolute Gasteiger partial charge is 0.370 e. The molecule has 0 amide bonds. The molecule has 0 saturated carbocycles. The molecule has 0 atom stereocenters. The molecular weight excluding hydrogens is 246 g/mol. The summed E-state index contributed by atoms with van der Waals surface area (Å²) >= 11 is 0. The van der Waals surface area contributed by atoms with E-state index in [-0.39, 0.29) is 13.2 Å². The van der Waals surface area contributed by atoms with Gasteiger partial charge in [-0.05, 0) is 12.8 Å². The third kappa shape index (κ3) is 6.32. The molecule has 0 N–H and O–H groups in total. The van der Waals surface area contributed by atoms with Crippen LogP contribution in [0.3, 0.4) is 0 Å². The lowest BCUT2D eigenvalue weighted by Crippen LogP contribution is -2.13. The molecule has 0 fully saturated rings. The zero-order valence-electron chi connectivity index (χ0n) is 10.6. The van der Waals surface area contributed by atoms with Crippen molar-refractivity contribution in [3.05, 3.63) is 11.7 Å². The molecule has 0 heterocycles. The third-order valence-electron chi connectivity index (χ3n) is 2.01. The number of hydrogen-bond donors (Lipinski definition) is 0. The molecule has 0 spiro atoms. The normalized spacial score (nSPS) is 11.8. The van der Waals surface area contributed by atoms with Crippen LogP contribution in [0.25, 0.3) is 0 Å². The van der Waals surface area contributed by atoms with Crippen molar-refractivity contribution in [3.8, 4) is 0 Å². The fourth-order valence-electron chi connectivity index (χ4n) is 0.924. The average molecular weight is 264 g/mol. The SMILES string of the molecule is CCCCOC(=O)/C(F)=C(/F)C(=O)OCCCC. The van der Waals surface area contributed by atoms with Crippen LogP contribution < -0.4 is 0 Å². The lowest BCUT2D eigenvalue weighted by molar-refractivity contribution is -0.145. The Labute approximate surface area is 105 Å². The van der Waals surface area contributed by atoms with Gasteiger partial charge in [0.2, 0.25) is 0 Å². The summed E-state index contributed by atoms with van der Waals surface area (Å²) in [5.74, 6) is -6.64. The lowest BCUT2D eigenvalue weighted by Gasteiger charge is -2.04. The number of carbonyl (C=O) groups is 2. The monoisotopic (exact) mass is 264 g/mol. The summed E-state index contributed by atoms with van der Waals surface area (Å²) in [4.78, 5) is 22.0. The van der Waals surface area contributed by atoms with Gasteiger partial charge in [0.1, 0.15) is 0 Å². The molecule has 0 rings (SSSR count). The van der Waals surface area contributed by atoms with Crippen LogP contribution >= 0.6 is 0 Å². The largest absolute Gasteiger partial charge is 0.460 e. The lowest BCUT2D eigenvalue weighted by atomic mass is 10.3. The maximum atomic E-state index is 13.1. The zero-order chi connectivity index (χ0) is 14.0. The second-order valence-corrected chi connectivity index (χ2v) is 3.61. The van der Waals surface area contributed by atoms with E-state index in [4.69, 9.17) is 0 Å².